The fraction of sp³-hybridized carbons (Fsp3) is 0.500. The highest BCUT2D eigenvalue weighted by molar-refractivity contribution is 5.95. The summed E-state index contributed by atoms with van der Waals surface area (Å²) >= 11 is 0. The Morgan fingerprint density at radius 1 is 1.30 bits per heavy atom. The van der Waals surface area contributed by atoms with E-state index < -0.39 is 6.10 Å². The van der Waals surface area contributed by atoms with E-state index >= 15 is 0 Å². The normalized spacial score (nSPS) is 24.1. The summed E-state index contributed by atoms with van der Waals surface area (Å²) in [6.07, 6.45) is 5.17. The van der Waals surface area contributed by atoms with Gasteiger partial charge in [-0.25, -0.2) is 0 Å². The summed E-state index contributed by atoms with van der Waals surface area (Å²) in [6, 6.07) is -0.110. The first-order valence-corrected chi connectivity index (χ1v) is 8.95. The Morgan fingerprint density at radius 3 is 2.85 bits per heavy atom. The van der Waals surface area contributed by atoms with Gasteiger partial charge in [0.05, 0.1) is 42.0 Å². The monoisotopic (exact) mass is 371 g/mol. The van der Waals surface area contributed by atoms with E-state index in [2.05, 4.69) is 20.4 Å². The molecule has 0 spiro atoms. The molecule has 4 rings (SSSR count). The highest BCUT2D eigenvalue weighted by atomic mass is 16.5. The number of aryl methyl sites for hydroxylation is 2. The van der Waals surface area contributed by atoms with Gasteiger partial charge < -0.3 is 19.5 Å². The van der Waals surface area contributed by atoms with Crippen LogP contribution in [-0.4, -0.2) is 56.6 Å². The van der Waals surface area contributed by atoms with E-state index in [0.717, 1.165) is 5.69 Å². The number of fused-ring (bicyclic) bond motifs is 1. The Morgan fingerprint density at radius 2 is 2.15 bits per heavy atom. The number of carbonyl (C=O) groups is 2. The summed E-state index contributed by atoms with van der Waals surface area (Å²) in [7, 11) is 0. The van der Waals surface area contributed by atoms with Crippen molar-refractivity contribution in [3.05, 3.63) is 41.3 Å². The molecular formula is C18H21N5O4. The molecule has 2 fully saturated rings. The van der Waals surface area contributed by atoms with Crippen LogP contribution in [0.5, 0.6) is 0 Å². The Labute approximate surface area is 156 Å². The Kier molecular flexibility index (Phi) is 4.61. The van der Waals surface area contributed by atoms with Crippen molar-refractivity contribution in [2.45, 2.75) is 51.5 Å². The second-order valence-corrected chi connectivity index (χ2v) is 6.93. The molecule has 142 valence electrons. The van der Waals surface area contributed by atoms with Gasteiger partial charge in [-0.15, -0.1) is 0 Å². The average Bonchev–Trinajstić information content (AvgIpc) is 3.35. The van der Waals surface area contributed by atoms with Crippen molar-refractivity contribution in [3.8, 4) is 0 Å². The lowest BCUT2D eigenvalue weighted by atomic mass is 10.1. The third-order valence-electron chi connectivity index (χ3n) is 5.09. The molecule has 0 unspecified atom stereocenters. The molecule has 0 aromatic carbocycles. The molecule has 2 saturated heterocycles. The first-order valence-electron chi connectivity index (χ1n) is 8.95. The Balaban J connectivity index is 1.36. The number of hydrogen-bond donors (Lipinski definition) is 1. The molecule has 9 heteroatoms. The van der Waals surface area contributed by atoms with Crippen molar-refractivity contribution in [3.63, 3.8) is 0 Å². The Bertz CT molecular complexity index is 850. The lowest BCUT2D eigenvalue weighted by Gasteiger charge is -2.22. The van der Waals surface area contributed by atoms with E-state index in [1.165, 1.54) is 6.26 Å². The second-order valence-electron chi connectivity index (χ2n) is 6.93. The minimum atomic E-state index is -0.572. The van der Waals surface area contributed by atoms with Gasteiger partial charge in [-0.3, -0.25) is 19.6 Å². The van der Waals surface area contributed by atoms with Crippen LogP contribution in [0, 0.1) is 13.8 Å². The highest BCUT2D eigenvalue weighted by Gasteiger charge is 2.47. The van der Waals surface area contributed by atoms with Crippen molar-refractivity contribution in [1.29, 1.82) is 0 Å². The number of rotatable bonds is 4. The number of aromatic nitrogens is 3. The van der Waals surface area contributed by atoms with Gasteiger partial charge in [0.1, 0.15) is 17.9 Å². The number of nitrogens with one attached hydrogen (secondary N) is 1. The van der Waals surface area contributed by atoms with Crippen LogP contribution in [0.3, 0.4) is 0 Å². The van der Waals surface area contributed by atoms with Gasteiger partial charge in [-0.1, -0.05) is 5.16 Å². The van der Waals surface area contributed by atoms with Crippen molar-refractivity contribution in [1.82, 2.24) is 25.3 Å². The van der Waals surface area contributed by atoms with Crippen LogP contribution >= 0.6 is 0 Å². The number of amides is 2. The van der Waals surface area contributed by atoms with Gasteiger partial charge >= 0.3 is 0 Å². The molecule has 2 aromatic rings. The van der Waals surface area contributed by atoms with E-state index in [0.29, 0.717) is 42.9 Å². The van der Waals surface area contributed by atoms with Crippen LogP contribution in [-0.2, 0) is 16.1 Å². The van der Waals surface area contributed by atoms with Gasteiger partial charge in [-0.05, 0) is 20.3 Å². The number of carbonyl (C=O) groups excluding carboxylic acids is 2. The first-order chi connectivity index (χ1) is 13.0. The van der Waals surface area contributed by atoms with Crippen molar-refractivity contribution >= 4 is 11.8 Å². The number of ether oxygens (including phenoxy) is 1. The van der Waals surface area contributed by atoms with E-state index in [4.69, 9.17) is 9.26 Å². The minimum absolute atomic E-state index is 0.110. The molecule has 0 bridgehead atoms. The fourth-order valence-corrected chi connectivity index (χ4v) is 3.62. The van der Waals surface area contributed by atoms with Crippen LogP contribution in [0.15, 0.2) is 23.2 Å². The molecule has 2 amide bonds. The molecule has 2 aliphatic heterocycles. The topological polar surface area (TPSA) is 110 Å². The predicted octanol–water partition coefficient (Wildman–Crippen LogP) is 0.770. The zero-order chi connectivity index (χ0) is 19.0. The number of nitrogens with zero attached hydrogens (tertiary/aromatic N) is 4. The SMILES string of the molecule is Cc1cnc(CNC(=O)[C@H]2C[C@@H]3[C@@H](CCN3C(=O)c3conc3C)O2)cn1. The van der Waals surface area contributed by atoms with Crippen LogP contribution in [0.2, 0.25) is 0 Å². The predicted molar refractivity (Wildman–Crippen MR) is 92.6 cm³/mol. The molecule has 4 heterocycles. The average molecular weight is 371 g/mol. The largest absolute Gasteiger partial charge is 0.364 e. The summed E-state index contributed by atoms with van der Waals surface area (Å²) in [5, 5.41) is 6.60. The molecular weight excluding hydrogens is 350 g/mol. The zero-order valence-corrected chi connectivity index (χ0v) is 15.2. The summed E-state index contributed by atoms with van der Waals surface area (Å²) < 4.78 is 10.8. The van der Waals surface area contributed by atoms with Crippen LogP contribution in [0.25, 0.3) is 0 Å². The number of hydrogen-bond acceptors (Lipinski definition) is 7. The van der Waals surface area contributed by atoms with E-state index in [1.807, 2.05) is 6.92 Å². The summed E-state index contributed by atoms with van der Waals surface area (Å²) in [6.45, 7) is 4.49. The molecule has 0 saturated carbocycles. The lowest BCUT2D eigenvalue weighted by Crippen LogP contribution is -2.39. The zero-order valence-electron chi connectivity index (χ0n) is 15.2. The maximum atomic E-state index is 12.7. The van der Waals surface area contributed by atoms with E-state index in [-0.39, 0.29) is 24.0 Å². The summed E-state index contributed by atoms with van der Waals surface area (Å²) in [5.74, 6) is -0.318. The van der Waals surface area contributed by atoms with Gasteiger partial charge in [0.25, 0.3) is 5.91 Å². The van der Waals surface area contributed by atoms with E-state index in [9.17, 15) is 9.59 Å². The van der Waals surface area contributed by atoms with Crippen LogP contribution in [0.4, 0.5) is 0 Å². The molecule has 27 heavy (non-hydrogen) atoms. The fourth-order valence-electron chi connectivity index (χ4n) is 3.62. The van der Waals surface area contributed by atoms with Crippen LogP contribution in [0.1, 0.15) is 40.3 Å². The van der Waals surface area contributed by atoms with Crippen LogP contribution < -0.4 is 5.32 Å². The first kappa shape index (κ1) is 17.6. The molecule has 0 radical (unpaired) electrons. The molecule has 0 aliphatic carbocycles. The summed E-state index contributed by atoms with van der Waals surface area (Å²) in [5.41, 5.74) is 2.54. The molecule has 1 N–H and O–H groups in total. The lowest BCUT2D eigenvalue weighted by molar-refractivity contribution is -0.132. The van der Waals surface area contributed by atoms with Gasteiger partial charge in [-0.2, -0.15) is 0 Å². The van der Waals surface area contributed by atoms with E-state index in [1.54, 1.807) is 24.2 Å². The second kappa shape index (κ2) is 7.07. The van der Waals surface area contributed by atoms with Crippen molar-refractivity contribution in [2.24, 2.45) is 0 Å². The smallest absolute Gasteiger partial charge is 0.259 e. The third-order valence-corrected chi connectivity index (χ3v) is 5.09. The van der Waals surface area contributed by atoms with Gasteiger partial charge in [0.15, 0.2) is 0 Å². The maximum Gasteiger partial charge on any atom is 0.259 e. The molecule has 3 atom stereocenters. The summed E-state index contributed by atoms with van der Waals surface area (Å²) in [4.78, 5) is 35.4. The standard InChI is InChI=1S/C18H21N5O4/c1-10-6-20-12(7-19-10)8-21-17(24)16-5-14-15(27-16)3-4-23(14)18(25)13-9-26-22-11(13)2/h6-7,9,14-16H,3-5,8H2,1-2H3,(H,21,24)/t14-,15-,16-/m1/s1. The quantitative estimate of drug-likeness (QED) is 0.845. The Hall–Kier alpha value is -2.81. The minimum Gasteiger partial charge on any atom is -0.364 e. The molecule has 2 aliphatic rings. The van der Waals surface area contributed by atoms with Gasteiger partial charge in [0, 0.05) is 19.2 Å². The molecule has 9 nitrogen and oxygen atoms in total. The molecule has 2 aromatic heterocycles. The van der Waals surface area contributed by atoms with Gasteiger partial charge in [0.2, 0.25) is 5.91 Å². The van der Waals surface area contributed by atoms with Crippen molar-refractivity contribution in [2.75, 3.05) is 6.54 Å². The number of likely N-dealkylation sites (tertiary alicyclic amines) is 1. The maximum absolute atomic E-state index is 12.7. The van der Waals surface area contributed by atoms with Crippen molar-refractivity contribution < 1.29 is 18.8 Å². The third kappa shape index (κ3) is 3.42. The highest BCUT2D eigenvalue weighted by Crippen LogP contribution is 2.34.